The number of carbonyl (C=O) groups is 3. The van der Waals surface area contributed by atoms with E-state index in [0.29, 0.717) is 23.8 Å². The van der Waals surface area contributed by atoms with E-state index in [2.05, 4.69) is 10.6 Å². The summed E-state index contributed by atoms with van der Waals surface area (Å²) in [5, 5.41) is 6.12. The molecule has 0 bridgehead atoms. The van der Waals surface area contributed by atoms with Crippen molar-refractivity contribution in [3.05, 3.63) is 29.3 Å². The minimum Gasteiger partial charge on any atom is -0.344 e. The number of anilines is 1. The van der Waals surface area contributed by atoms with E-state index in [1.165, 1.54) is 0 Å². The van der Waals surface area contributed by atoms with Crippen molar-refractivity contribution in [3.63, 3.8) is 0 Å². The summed E-state index contributed by atoms with van der Waals surface area (Å²) in [6, 6.07) is 5.28. The second-order valence-electron chi connectivity index (χ2n) is 5.61. The van der Waals surface area contributed by atoms with Gasteiger partial charge < -0.3 is 15.5 Å². The molecule has 1 fully saturated rings. The van der Waals surface area contributed by atoms with Crippen LogP contribution < -0.4 is 15.5 Å². The number of nitrogens with zero attached hydrogens (tertiary/aromatic N) is 2. The van der Waals surface area contributed by atoms with Gasteiger partial charge in [0.1, 0.15) is 6.04 Å². The average molecular weight is 353 g/mol. The zero-order valence-electron chi connectivity index (χ0n) is 13.7. The highest BCUT2D eigenvalue weighted by Gasteiger charge is 2.39. The van der Waals surface area contributed by atoms with E-state index in [4.69, 9.17) is 11.6 Å². The number of urea groups is 1. The van der Waals surface area contributed by atoms with E-state index in [0.717, 1.165) is 4.90 Å². The number of nitrogens with one attached hydrogen (secondary N) is 2. The van der Waals surface area contributed by atoms with E-state index in [1.807, 2.05) is 7.05 Å². The zero-order chi connectivity index (χ0) is 17.7. The van der Waals surface area contributed by atoms with Crippen LogP contribution in [0.4, 0.5) is 10.5 Å². The Morgan fingerprint density at radius 2 is 2.00 bits per heavy atom. The van der Waals surface area contributed by atoms with Crippen molar-refractivity contribution in [2.75, 3.05) is 32.1 Å². The molecule has 8 heteroatoms. The number of amides is 4. The summed E-state index contributed by atoms with van der Waals surface area (Å²) in [6.07, 6.45) is 0.475. The molecule has 0 radical (unpaired) electrons. The Kier molecular flexibility index (Phi) is 6.16. The minimum atomic E-state index is -0.685. The topological polar surface area (TPSA) is 81.8 Å². The van der Waals surface area contributed by atoms with Gasteiger partial charge in [0.2, 0.25) is 5.91 Å². The maximum Gasteiger partial charge on any atom is 0.329 e. The molecule has 1 atom stereocenters. The number of benzene rings is 1. The Morgan fingerprint density at radius 1 is 1.33 bits per heavy atom. The number of carbonyl (C=O) groups excluding carboxylic acids is 3. The number of hydrogen-bond acceptors (Lipinski definition) is 4. The summed E-state index contributed by atoms with van der Waals surface area (Å²) in [7, 11) is 3.53. The molecular formula is C16H21ClN4O3. The smallest absolute Gasteiger partial charge is 0.329 e. The van der Waals surface area contributed by atoms with Crippen molar-refractivity contribution >= 4 is 35.1 Å². The van der Waals surface area contributed by atoms with Gasteiger partial charge in [-0.25, -0.2) is 9.69 Å². The van der Waals surface area contributed by atoms with Gasteiger partial charge in [-0.2, -0.15) is 0 Å². The molecule has 1 aromatic rings. The predicted octanol–water partition coefficient (Wildman–Crippen LogP) is 1.22. The summed E-state index contributed by atoms with van der Waals surface area (Å²) in [5.41, 5.74) is 0.460. The highest BCUT2D eigenvalue weighted by molar-refractivity contribution is 6.30. The Morgan fingerprint density at radius 3 is 2.62 bits per heavy atom. The fourth-order valence-electron chi connectivity index (χ4n) is 2.42. The largest absolute Gasteiger partial charge is 0.344 e. The van der Waals surface area contributed by atoms with E-state index < -0.39 is 12.1 Å². The Bertz CT molecular complexity index is 620. The first-order valence-corrected chi connectivity index (χ1v) is 8.10. The minimum absolute atomic E-state index is 0.0581. The van der Waals surface area contributed by atoms with Crippen LogP contribution in [0.25, 0.3) is 0 Å². The zero-order valence-corrected chi connectivity index (χ0v) is 14.5. The standard InChI is InChI=1S/C16H21ClN4O3/c1-18-9-10-20(2)14(22)8-7-13-15(23)21(16(24)19-13)12-5-3-11(17)4-6-12/h3-6,13,18H,7-10H2,1-2H3,(H,19,24). The molecule has 1 aliphatic heterocycles. The van der Waals surface area contributed by atoms with E-state index >= 15 is 0 Å². The van der Waals surface area contributed by atoms with Gasteiger partial charge in [-0.1, -0.05) is 11.6 Å². The molecule has 4 amide bonds. The molecule has 1 aliphatic rings. The lowest BCUT2D eigenvalue weighted by Crippen LogP contribution is -2.35. The molecule has 1 aromatic carbocycles. The van der Waals surface area contributed by atoms with Gasteiger partial charge in [0.05, 0.1) is 5.69 Å². The first kappa shape index (κ1) is 18.2. The molecule has 1 unspecified atom stereocenters. The normalized spacial score (nSPS) is 17.1. The van der Waals surface area contributed by atoms with Gasteiger partial charge >= 0.3 is 6.03 Å². The number of likely N-dealkylation sites (N-methyl/N-ethyl adjacent to an activating group) is 2. The third-order valence-corrected chi connectivity index (χ3v) is 4.13. The quantitative estimate of drug-likeness (QED) is 0.723. The fourth-order valence-corrected chi connectivity index (χ4v) is 2.55. The van der Waals surface area contributed by atoms with E-state index in [9.17, 15) is 14.4 Å². The number of hydrogen-bond donors (Lipinski definition) is 2. The third-order valence-electron chi connectivity index (χ3n) is 3.87. The highest BCUT2D eigenvalue weighted by Crippen LogP contribution is 2.23. The van der Waals surface area contributed by atoms with Crippen molar-refractivity contribution in [2.24, 2.45) is 0 Å². The molecule has 130 valence electrons. The molecule has 7 nitrogen and oxygen atoms in total. The predicted molar refractivity (Wildman–Crippen MR) is 92.1 cm³/mol. The molecule has 1 saturated heterocycles. The van der Waals surface area contributed by atoms with Crippen LogP contribution in [0.1, 0.15) is 12.8 Å². The van der Waals surface area contributed by atoms with Crippen molar-refractivity contribution in [1.82, 2.24) is 15.5 Å². The highest BCUT2D eigenvalue weighted by atomic mass is 35.5. The third kappa shape index (κ3) is 4.24. The SMILES string of the molecule is CNCCN(C)C(=O)CCC1NC(=O)N(c2ccc(Cl)cc2)C1=O. The van der Waals surface area contributed by atoms with Gasteiger partial charge in [-0.3, -0.25) is 9.59 Å². The molecule has 2 N–H and O–H groups in total. The lowest BCUT2D eigenvalue weighted by molar-refractivity contribution is -0.130. The Hall–Kier alpha value is -2.12. The van der Waals surface area contributed by atoms with Gasteiger partial charge in [0, 0.05) is 31.6 Å². The summed E-state index contributed by atoms with van der Waals surface area (Å²) >= 11 is 5.82. The van der Waals surface area contributed by atoms with Crippen molar-refractivity contribution < 1.29 is 14.4 Å². The molecular weight excluding hydrogens is 332 g/mol. The molecule has 24 heavy (non-hydrogen) atoms. The van der Waals surface area contributed by atoms with E-state index in [1.54, 1.807) is 36.2 Å². The summed E-state index contributed by atoms with van der Waals surface area (Å²) in [5.74, 6) is -0.412. The molecule has 0 aliphatic carbocycles. The van der Waals surface area contributed by atoms with Crippen LogP contribution in [-0.4, -0.2) is 56.0 Å². The van der Waals surface area contributed by atoms with Crippen LogP contribution in [0.3, 0.4) is 0 Å². The molecule has 0 saturated carbocycles. The Balaban J connectivity index is 1.94. The fraction of sp³-hybridized carbons (Fsp3) is 0.438. The maximum absolute atomic E-state index is 12.4. The van der Waals surface area contributed by atoms with E-state index in [-0.39, 0.29) is 24.7 Å². The van der Waals surface area contributed by atoms with Crippen LogP contribution in [0.15, 0.2) is 24.3 Å². The first-order chi connectivity index (χ1) is 11.4. The van der Waals surface area contributed by atoms with Crippen LogP contribution in [0.5, 0.6) is 0 Å². The first-order valence-electron chi connectivity index (χ1n) is 7.72. The molecule has 0 aromatic heterocycles. The van der Waals surface area contributed by atoms with Gasteiger partial charge in [0.25, 0.3) is 5.91 Å². The molecule has 1 heterocycles. The van der Waals surface area contributed by atoms with Crippen molar-refractivity contribution in [3.8, 4) is 0 Å². The van der Waals surface area contributed by atoms with Crippen LogP contribution in [-0.2, 0) is 9.59 Å². The summed E-state index contributed by atoms with van der Waals surface area (Å²) < 4.78 is 0. The number of halogens is 1. The monoisotopic (exact) mass is 352 g/mol. The summed E-state index contributed by atoms with van der Waals surface area (Å²) in [6.45, 7) is 1.29. The molecule has 2 rings (SSSR count). The second kappa shape index (κ2) is 8.12. The van der Waals surface area contributed by atoms with Gasteiger partial charge in [-0.15, -0.1) is 0 Å². The molecule has 0 spiro atoms. The van der Waals surface area contributed by atoms with Gasteiger partial charge in [0.15, 0.2) is 0 Å². The maximum atomic E-state index is 12.4. The lowest BCUT2D eigenvalue weighted by Gasteiger charge is -2.17. The number of imide groups is 1. The van der Waals surface area contributed by atoms with Gasteiger partial charge in [-0.05, 0) is 37.7 Å². The summed E-state index contributed by atoms with van der Waals surface area (Å²) in [4.78, 5) is 39.2. The van der Waals surface area contributed by atoms with Crippen molar-refractivity contribution in [2.45, 2.75) is 18.9 Å². The number of rotatable bonds is 7. The van der Waals surface area contributed by atoms with Crippen LogP contribution in [0, 0.1) is 0 Å². The van der Waals surface area contributed by atoms with Crippen molar-refractivity contribution in [1.29, 1.82) is 0 Å². The lowest BCUT2D eigenvalue weighted by atomic mass is 10.1. The van der Waals surface area contributed by atoms with Crippen LogP contribution in [0.2, 0.25) is 5.02 Å². The Labute approximate surface area is 145 Å². The van der Waals surface area contributed by atoms with Crippen LogP contribution >= 0.6 is 11.6 Å². The average Bonchev–Trinajstić information content (AvgIpc) is 2.85. The second-order valence-corrected chi connectivity index (χ2v) is 6.05.